The van der Waals surface area contributed by atoms with E-state index >= 15 is 0 Å². The summed E-state index contributed by atoms with van der Waals surface area (Å²) in [6, 6.07) is 5.65. The minimum Gasteiger partial charge on any atom is -0.497 e. The van der Waals surface area contributed by atoms with Crippen LogP contribution in [-0.4, -0.2) is 24.2 Å². The Bertz CT molecular complexity index is 560. The molecule has 6 heteroatoms. The Labute approximate surface area is 111 Å². The molecule has 0 saturated carbocycles. The van der Waals surface area contributed by atoms with Crippen molar-refractivity contribution in [2.24, 2.45) is 0 Å². The number of benzene rings is 1. The fourth-order valence-corrected chi connectivity index (χ4v) is 1.65. The van der Waals surface area contributed by atoms with E-state index in [9.17, 15) is 0 Å². The van der Waals surface area contributed by atoms with E-state index in [1.165, 1.54) is 6.20 Å². The first-order valence-electron chi connectivity index (χ1n) is 5.75. The Morgan fingerprint density at radius 2 is 2.05 bits per heavy atom. The molecule has 0 spiro atoms. The minimum atomic E-state index is 0.381. The first-order chi connectivity index (χ1) is 9.22. The summed E-state index contributed by atoms with van der Waals surface area (Å²) in [6.45, 7) is 0.561. The summed E-state index contributed by atoms with van der Waals surface area (Å²) in [5.41, 5.74) is 6.56. The molecule has 2 aromatic rings. The summed E-state index contributed by atoms with van der Waals surface area (Å²) in [5, 5.41) is 3.14. The van der Waals surface area contributed by atoms with Crippen LogP contribution in [0.25, 0.3) is 0 Å². The van der Waals surface area contributed by atoms with Crippen LogP contribution in [0.1, 0.15) is 5.56 Å². The van der Waals surface area contributed by atoms with Crippen molar-refractivity contribution in [2.75, 3.05) is 25.3 Å². The second kappa shape index (κ2) is 5.90. The topological polar surface area (TPSA) is 82.3 Å². The number of rotatable bonds is 5. The lowest BCUT2D eigenvalue weighted by molar-refractivity contribution is 0.391. The highest BCUT2D eigenvalue weighted by atomic mass is 16.5. The van der Waals surface area contributed by atoms with Gasteiger partial charge in [0, 0.05) is 18.2 Å². The lowest BCUT2D eigenvalue weighted by atomic mass is 10.2. The lowest BCUT2D eigenvalue weighted by Gasteiger charge is -2.11. The van der Waals surface area contributed by atoms with Crippen molar-refractivity contribution in [2.45, 2.75) is 6.54 Å². The molecule has 19 heavy (non-hydrogen) atoms. The first kappa shape index (κ1) is 12.9. The van der Waals surface area contributed by atoms with E-state index in [0.717, 1.165) is 17.1 Å². The van der Waals surface area contributed by atoms with Crippen LogP contribution < -0.4 is 20.5 Å². The van der Waals surface area contributed by atoms with Crippen molar-refractivity contribution in [3.63, 3.8) is 0 Å². The van der Waals surface area contributed by atoms with E-state index in [0.29, 0.717) is 18.2 Å². The van der Waals surface area contributed by atoms with E-state index in [2.05, 4.69) is 15.3 Å². The fraction of sp³-hybridized carbons (Fsp3) is 0.231. The van der Waals surface area contributed by atoms with Crippen LogP contribution >= 0.6 is 0 Å². The zero-order chi connectivity index (χ0) is 13.7. The van der Waals surface area contributed by atoms with Crippen LogP contribution in [0.5, 0.6) is 11.5 Å². The summed E-state index contributed by atoms with van der Waals surface area (Å²) in [6.07, 6.45) is 3.12. The molecular formula is C13H16N4O2. The number of nitrogens with zero attached hydrogens (tertiary/aromatic N) is 2. The summed E-state index contributed by atoms with van der Waals surface area (Å²) in [7, 11) is 3.24. The molecule has 0 atom stereocenters. The molecule has 0 fully saturated rings. The normalized spacial score (nSPS) is 10.0. The second-order valence-electron chi connectivity index (χ2n) is 3.86. The number of methoxy groups -OCH3 is 2. The molecule has 0 radical (unpaired) electrons. The summed E-state index contributed by atoms with van der Waals surface area (Å²) >= 11 is 0. The van der Waals surface area contributed by atoms with Gasteiger partial charge in [-0.05, 0) is 12.1 Å². The van der Waals surface area contributed by atoms with Gasteiger partial charge >= 0.3 is 0 Å². The molecule has 0 aliphatic carbocycles. The van der Waals surface area contributed by atoms with Crippen molar-refractivity contribution in [1.29, 1.82) is 0 Å². The average Bonchev–Trinajstić information content (AvgIpc) is 2.45. The number of aromatic nitrogens is 2. The molecule has 6 nitrogen and oxygen atoms in total. The van der Waals surface area contributed by atoms with Gasteiger partial charge in [-0.25, -0.2) is 4.98 Å². The number of nitrogens with one attached hydrogen (secondary N) is 1. The Morgan fingerprint density at radius 1 is 1.21 bits per heavy atom. The average molecular weight is 260 g/mol. The number of ether oxygens (including phenoxy) is 2. The third-order valence-electron chi connectivity index (χ3n) is 2.61. The molecule has 0 amide bonds. The highest BCUT2D eigenvalue weighted by Crippen LogP contribution is 2.25. The third kappa shape index (κ3) is 3.25. The zero-order valence-corrected chi connectivity index (χ0v) is 10.9. The van der Waals surface area contributed by atoms with E-state index in [1.807, 2.05) is 18.2 Å². The third-order valence-corrected chi connectivity index (χ3v) is 2.61. The number of hydrogen-bond donors (Lipinski definition) is 2. The Balaban J connectivity index is 2.11. The van der Waals surface area contributed by atoms with Crippen LogP contribution in [0.3, 0.4) is 0 Å². The van der Waals surface area contributed by atoms with Gasteiger partial charge in [-0.3, -0.25) is 4.98 Å². The molecule has 1 heterocycles. The molecule has 1 aromatic carbocycles. The summed E-state index contributed by atoms with van der Waals surface area (Å²) in [4.78, 5) is 8.08. The van der Waals surface area contributed by atoms with E-state index in [4.69, 9.17) is 15.2 Å². The standard InChI is InChI=1S/C13H16N4O2/c1-18-10-4-3-9(11(5-10)19-2)6-16-13-8-15-7-12(14)17-13/h3-5,7-8H,6H2,1-2H3,(H3,14,16,17). The molecular weight excluding hydrogens is 244 g/mol. The SMILES string of the molecule is COc1ccc(CNc2cncc(N)n2)c(OC)c1. The van der Waals surface area contributed by atoms with E-state index in [-0.39, 0.29) is 0 Å². The highest BCUT2D eigenvalue weighted by molar-refractivity contribution is 5.44. The first-order valence-corrected chi connectivity index (χ1v) is 5.75. The molecule has 3 N–H and O–H groups in total. The van der Waals surface area contributed by atoms with Crippen LogP contribution in [0.15, 0.2) is 30.6 Å². The van der Waals surface area contributed by atoms with Gasteiger partial charge in [0.1, 0.15) is 23.1 Å². The smallest absolute Gasteiger partial charge is 0.147 e. The van der Waals surface area contributed by atoms with Gasteiger partial charge in [-0.15, -0.1) is 0 Å². The second-order valence-corrected chi connectivity index (χ2v) is 3.86. The predicted octanol–water partition coefficient (Wildman–Crippen LogP) is 1.69. The van der Waals surface area contributed by atoms with Gasteiger partial charge < -0.3 is 20.5 Å². The van der Waals surface area contributed by atoms with Gasteiger partial charge in [0.2, 0.25) is 0 Å². The monoisotopic (exact) mass is 260 g/mol. The molecule has 1 aromatic heterocycles. The molecule has 0 unspecified atom stereocenters. The van der Waals surface area contributed by atoms with E-state index in [1.54, 1.807) is 20.4 Å². The maximum atomic E-state index is 5.57. The quantitative estimate of drug-likeness (QED) is 0.851. The van der Waals surface area contributed by atoms with Crippen molar-refractivity contribution in [3.05, 3.63) is 36.2 Å². The van der Waals surface area contributed by atoms with Crippen molar-refractivity contribution >= 4 is 11.6 Å². The molecule has 100 valence electrons. The van der Waals surface area contributed by atoms with Crippen molar-refractivity contribution in [1.82, 2.24) is 9.97 Å². The van der Waals surface area contributed by atoms with Gasteiger partial charge in [-0.2, -0.15) is 0 Å². The molecule has 2 rings (SSSR count). The minimum absolute atomic E-state index is 0.381. The molecule has 0 bridgehead atoms. The maximum absolute atomic E-state index is 5.57. The summed E-state index contributed by atoms with van der Waals surface area (Å²) < 4.78 is 10.5. The van der Waals surface area contributed by atoms with Gasteiger partial charge in [0.25, 0.3) is 0 Å². The highest BCUT2D eigenvalue weighted by Gasteiger charge is 2.05. The Morgan fingerprint density at radius 3 is 2.74 bits per heavy atom. The van der Waals surface area contributed by atoms with Gasteiger partial charge in [-0.1, -0.05) is 0 Å². The van der Waals surface area contributed by atoms with Gasteiger partial charge in [0.15, 0.2) is 0 Å². The molecule has 0 aliphatic rings. The largest absolute Gasteiger partial charge is 0.497 e. The molecule has 0 saturated heterocycles. The molecule has 0 aliphatic heterocycles. The van der Waals surface area contributed by atoms with Crippen LogP contribution in [0.4, 0.5) is 11.6 Å². The van der Waals surface area contributed by atoms with Crippen LogP contribution in [0.2, 0.25) is 0 Å². The summed E-state index contributed by atoms with van der Waals surface area (Å²) in [5.74, 6) is 2.51. The number of nitrogen functional groups attached to an aromatic ring is 1. The Hall–Kier alpha value is -2.50. The Kier molecular flexibility index (Phi) is 4.02. The lowest BCUT2D eigenvalue weighted by Crippen LogP contribution is -2.05. The van der Waals surface area contributed by atoms with Crippen molar-refractivity contribution in [3.8, 4) is 11.5 Å². The van der Waals surface area contributed by atoms with Crippen LogP contribution in [0, 0.1) is 0 Å². The van der Waals surface area contributed by atoms with Crippen molar-refractivity contribution < 1.29 is 9.47 Å². The van der Waals surface area contributed by atoms with Gasteiger partial charge in [0.05, 0.1) is 26.6 Å². The van der Waals surface area contributed by atoms with E-state index < -0.39 is 0 Å². The maximum Gasteiger partial charge on any atom is 0.147 e. The number of hydrogen-bond acceptors (Lipinski definition) is 6. The number of anilines is 2. The number of nitrogens with two attached hydrogens (primary N) is 1. The fourth-order valence-electron chi connectivity index (χ4n) is 1.65. The van der Waals surface area contributed by atoms with Crippen LogP contribution in [-0.2, 0) is 6.54 Å². The zero-order valence-electron chi connectivity index (χ0n) is 10.9. The predicted molar refractivity (Wildman–Crippen MR) is 73.3 cm³/mol.